The van der Waals surface area contributed by atoms with Gasteiger partial charge in [0.05, 0.1) is 0 Å². The quantitative estimate of drug-likeness (QED) is 0.709. The van der Waals surface area contributed by atoms with Gasteiger partial charge in [-0.05, 0) is 36.3 Å². The Morgan fingerprint density at radius 2 is 2.14 bits per heavy atom. The van der Waals surface area contributed by atoms with Crippen molar-refractivity contribution in [2.24, 2.45) is 0 Å². The van der Waals surface area contributed by atoms with E-state index >= 15 is 0 Å². The van der Waals surface area contributed by atoms with Gasteiger partial charge in [-0.25, -0.2) is 0 Å². The van der Waals surface area contributed by atoms with Crippen molar-refractivity contribution in [2.75, 3.05) is 6.54 Å². The first kappa shape index (κ1) is 8.10. The third-order valence-corrected chi connectivity index (χ3v) is 3.24. The molecule has 1 nitrogen and oxygen atoms in total. The van der Waals surface area contributed by atoms with Crippen molar-refractivity contribution in [1.29, 1.82) is 0 Å². The monoisotopic (exact) mass is 185 g/mol. The lowest BCUT2D eigenvalue weighted by molar-refractivity contribution is 0.813. The Labute approximate surface area is 84.8 Å². The smallest absolute Gasteiger partial charge is 0.0343 e. The highest BCUT2D eigenvalue weighted by Gasteiger charge is 2.24. The van der Waals surface area contributed by atoms with Crippen molar-refractivity contribution in [3.05, 3.63) is 41.5 Å². The maximum atomic E-state index is 4.03. The van der Waals surface area contributed by atoms with Crippen LogP contribution in [0.5, 0.6) is 0 Å². The van der Waals surface area contributed by atoms with Gasteiger partial charge < -0.3 is 5.32 Å². The van der Waals surface area contributed by atoms with Crippen LogP contribution >= 0.6 is 0 Å². The van der Waals surface area contributed by atoms with E-state index in [0.717, 1.165) is 24.6 Å². The fraction of sp³-hybridized carbons (Fsp3) is 0.385. The van der Waals surface area contributed by atoms with E-state index in [1.54, 1.807) is 5.56 Å². The van der Waals surface area contributed by atoms with Gasteiger partial charge in [-0.3, -0.25) is 0 Å². The third kappa shape index (κ3) is 1.24. The Kier molecular flexibility index (Phi) is 1.66. The number of hydrogen-bond acceptors (Lipinski definition) is 1. The second-order valence-corrected chi connectivity index (χ2v) is 4.35. The molecule has 0 spiro atoms. The summed E-state index contributed by atoms with van der Waals surface area (Å²) in [6.45, 7) is 5.08. The summed E-state index contributed by atoms with van der Waals surface area (Å²) in [4.78, 5) is 0. The number of rotatable bonds is 1. The molecule has 72 valence electrons. The van der Waals surface area contributed by atoms with E-state index in [2.05, 4.69) is 30.1 Å². The van der Waals surface area contributed by atoms with Crippen LogP contribution in [0.25, 0.3) is 5.70 Å². The fourth-order valence-corrected chi connectivity index (χ4v) is 2.23. The standard InChI is InChI=1S/C13H15N/c1-9-13-5-4-11(10-2-3-10)8-12(13)6-7-14-9/h4-5,8,10,14H,1-3,6-7H2. The lowest BCUT2D eigenvalue weighted by Gasteiger charge is -2.20. The minimum Gasteiger partial charge on any atom is -0.385 e. The predicted octanol–water partition coefficient (Wildman–Crippen LogP) is 2.68. The molecule has 0 unspecified atom stereocenters. The molecule has 0 atom stereocenters. The molecule has 1 aliphatic heterocycles. The summed E-state index contributed by atoms with van der Waals surface area (Å²) >= 11 is 0. The molecule has 0 aromatic heterocycles. The van der Waals surface area contributed by atoms with Gasteiger partial charge >= 0.3 is 0 Å². The average Bonchev–Trinajstić information content (AvgIpc) is 3.01. The highest BCUT2D eigenvalue weighted by atomic mass is 14.9. The number of hydrogen-bond donors (Lipinski definition) is 1. The van der Waals surface area contributed by atoms with Crippen LogP contribution in [0.3, 0.4) is 0 Å². The molecule has 1 aliphatic carbocycles. The van der Waals surface area contributed by atoms with Gasteiger partial charge in [-0.1, -0.05) is 24.8 Å². The number of fused-ring (bicyclic) bond motifs is 1. The first-order chi connectivity index (χ1) is 6.84. The summed E-state index contributed by atoms with van der Waals surface area (Å²) in [6, 6.07) is 6.89. The number of nitrogens with one attached hydrogen (secondary N) is 1. The molecule has 1 saturated carbocycles. The molecule has 1 aromatic rings. The van der Waals surface area contributed by atoms with E-state index in [1.807, 2.05) is 0 Å². The molecule has 0 bridgehead atoms. The van der Waals surface area contributed by atoms with Crippen LogP contribution in [0.4, 0.5) is 0 Å². The first-order valence-corrected chi connectivity index (χ1v) is 5.40. The van der Waals surface area contributed by atoms with Gasteiger partial charge in [0.1, 0.15) is 0 Å². The van der Waals surface area contributed by atoms with Crippen molar-refractivity contribution in [1.82, 2.24) is 5.32 Å². The molecular formula is C13H15N. The third-order valence-electron chi connectivity index (χ3n) is 3.24. The van der Waals surface area contributed by atoms with Gasteiger partial charge in [0.15, 0.2) is 0 Å². The minimum absolute atomic E-state index is 0.864. The molecule has 2 aliphatic rings. The van der Waals surface area contributed by atoms with Crippen LogP contribution < -0.4 is 5.32 Å². The second-order valence-electron chi connectivity index (χ2n) is 4.35. The first-order valence-electron chi connectivity index (χ1n) is 5.40. The molecule has 0 amide bonds. The topological polar surface area (TPSA) is 12.0 Å². The van der Waals surface area contributed by atoms with Gasteiger partial charge in [0.2, 0.25) is 0 Å². The van der Waals surface area contributed by atoms with Gasteiger partial charge in [-0.15, -0.1) is 0 Å². The number of benzene rings is 1. The van der Waals surface area contributed by atoms with E-state index in [9.17, 15) is 0 Å². The Bertz CT molecular complexity index is 388. The van der Waals surface area contributed by atoms with Crippen LogP contribution in [0.15, 0.2) is 24.8 Å². The summed E-state index contributed by atoms with van der Waals surface area (Å²) in [5, 5.41) is 3.31. The summed E-state index contributed by atoms with van der Waals surface area (Å²) in [5.41, 5.74) is 5.44. The largest absolute Gasteiger partial charge is 0.385 e. The summed E-state index contributed by atoms with van der Waals surface area (Å²) in [5.74, 6) is 0.864. The van der Waals surface area contributed by atoms with Crippen molar-refractivity contribution >= 4 is 5.70 Å². The molecule has 1 heterocycles. The summed E-state index contributed by atoms with van der Waals surface area (Å²) in [7, 11) is 0. The van der Waals surface area contributed by atoms with Crippen LogP contribution in [-0.4, -0.2) is 6.54 Å². The van der Waals surface area contributed by atoms with Crippen LogP contribution in [0, 0.1) is 0 Å². The highest BCUT2D eigenvalue weighted by Crippen LogP contribution is 2.41. The highest BCUT2D eigenvalue weighted by molar-refractivity contribution is 5.67. The van der Waals surface area contributed by atoms with Gasteiger partial charge in [0, 0.05) is 17.8 Å². The Morgan fingerprint density at radius 3 is 2.93 bits per heavy atom. The summed E-state index contributed by atoms with van der Waals surface area (Å²) < 4.78 is 0. The molecule has 14 heavy (non-hydrogen) atoms. The van der Waals surface area contributed by atoms with Gasteiger partial charge in [0.25, 0.3) is 0 Å². The zero-order chi connectivity index (χ0) is 9.54. The molecule has 3 rings (SSSR count). The minimum atomic E-state index is 0.864. The van der Waals surface area contributed by atoms with E-state index in [0.29, 0.717) is 0 Å². The van der Waals surface area contributed by atoms with Crippen molar-refractivity contribution in [3.8, 4) is 0 Å². The molecule has 1 N–H and O–H groups in total. The molecule has 1 heteroatoms. The molecular weight excluding hydrogens is 170 g/mol. The molecule has 0 radical (unpaired) electrons. The van der Waals surface area contributed by atoms with Crippen LogP contribution in [-0.2, 0) is 6.42 Å². The molecule has 1 aromatic carbocycles. The lowest BCUT2D eigenvalue weighted by Crippen LogP contribution is -2.21. The Morgan fingerprint density at radius 1 is 1.29 bits per heavy atom. The van der Waals surface area contributed by atoms with E-state index < -0.39 is 0 Å². The SMILES string of the molecule is C=C1NCCc2cc(C3CC3)ccc21. The van der Waals surface area contributed by atoms with Crippen molar-refractivity contribution in [2.45, 2.75) is 25.2 Å². The maximum absolute atomic E-state index is 4.03. The maximum Gasteiger partial charge on any atom is 0.0343 e. The van der Waals surface area contributed by atoms with Gasteiger partial charge in [-0.2, -0.15) is 0 Å². The predicted molar refractivity (Wildman–Crippen MR) is 59.2 cm³/mol. The Hall–Kier alpha value is -1.24. The van der Waals surface area contributed by atoms with Crippen molar-refractivity contribution in [3.63, 3.8) is 0 Å². The Balaban J connectivity index is 2.04. The zero-order valence-corrected chi connectivity index (χ0v) is 8.34. The second kappa shape index (κ2) is 2.88. The normalized spacial score (nSPS) is 20.1. The average molecular weight is 185 g/mol. The van der Waals surface area contributed by atoms with Crippen molar-refractivity contribution < 1.29 is 0 Å². The van der Waals surface area contributed by atoms with E-state index in [-0.39, 0.29) is 0 Å². The molecule has 0 saturated heterocycles. The zero-order valence-electron chi connectivity index (χ0n) is 8.34. The lowest BCUT2D eigenvalue weighted by atomic mass is 9.95. The van der Waals surface area contributed by atoms with E-state index in [4.69, 9.17) is 0 Å². The van der Waals surface area contributed by atoms with E-state index in [1.165, 1.54) is 24.0 Å². The van der Waals surface area contributed by atoms with Crippen LogP contribution in [0.2, 0.25) is 0 Å². The molecule has 1 fully saturated rings. The summed E-state index contributed by atoms with van der Waals surface area (Å²) in [6.07, 6.45) is 3.92. The van der Waals surface area contributed by atoms with Crippen LogP contribution in [0.1, 0.15) is 35.4 Å². The fourth-order valence-electron chi connectivity index (χ4n) is 2.23.